The zero-order valence-electron chi connectivity index (χ0n) is 11.4. The van der Waals surface area contributed by atoms with Crippen LogP contribution < -0.4 is 10.5 Å². The van der Waals surface area contributed by atoms with Crippen LogP contribution in [0, 0.1) is 0 Å². The second kappa shape index (κ2) is 8.09. The van der Waals surface area contributed by atoms with E-state index in [0.717, 1.165) is 19.5 Å². The average Bonchev–Trinajstić information content (AvgIpc) is 2.37. The SMILES string of the molecule is CC(CNS(=O)(=O)CCCCN)N1CCCCC1. The fraction of sp³-hybridized carbons (Fsp3) is 1.00. The average molecular weight is 277 g/mol. The molecule has 1 unspecified atom stereocenters. The highest BCUT2D eigenvalue weighted by Crippen LogP contribution is 2.11. The number of nitrogens with one attached hydrogen (secondary N) is 1. The predicted octanol–water partition coefficient (Wildman–Crippen LogP) is 0.519. The van der Waals surface area contributed by atoms with Gasteiger partial charge in [-0.2, -0.15) is 0 Å². The van der Waals surface area contributed by atoms with E-state index in [4.69, 9.17) is 5.73 Å². The molecule has 1 aliphatic rings. The molecule has 108 valence electrons. The fourth-order valence-electron chi connectivity index (χ4n) is 2.24. The molecule has 0 aromatic carbocycles. The Hall–Kier alpha value is -0.170. The van der Waals surface area contributed by atoms with Crippen molar-refractivity contribution in [3.63, 3.8) is 0 Å². The van der Waals surface area contributed by atoms with Crippen LogP contribution >= 0.6 is 0 Å². The van der Waals surface area contributed by atoms with Crippen LogP contribution in [0.25, 0.3) is 0 Å². The van der Waals surface area contributed by atoms with Crippen molar-refractivity contribution >= 4 is 10.0 Å². The van der Waals surface area contributed by atoms with E-state index in [1.807, 2.05) is 0 Å². The van der Waals surface area contributed by atoms with Gasteiger partial charge < -0.3 is 5.73 Å². The van der Waals surface area contributed by atoms with Gasteiger partial charge in [0.1, 0.15) is 0 Å². The molecule has 0 bridgehead atoms. The van der Waals surface area contributed by atoms with Crippen LogP contribution in [0.15, 0.2) is 0 Å². The minimum absolute atomic E-state index is 0.191. The van der Waals surface area contributed by atoms with Crippen LogP contribution in [0.5, 0.6) is 0 Å². The smallest absolute Gasteiger partial charge is 0.211 e. The van der Waals surface area contributed by atoms with Crippen LogP contribution in [-0.2, 0) is 10.0 Å². The monoisotopic (exact) mass is 277 g/mol. The summed E-state index contributed by atoms with van der Waals surface area (Å²) in [5.74, 6) is 0.191. The summed E-state index contributed by atoms with van der Waals surface area (Å²) in [4.78, 5) is 2.37. The van der Waals surface area contributed by atoms with E-state index in [2.05, 4.69) is 16.5 Å². The third kappa shape index (κ3) is 6.13. The highest BCUT2D eigenvalue weighted by Gasteiger charge is 2.18. The number of likely N-dealkylation sites (tertiary alicyclic amines) is 1. The molecule has 0 amide bonds. The maximum atomic E-state index is 11.7. The zero-order valence-corrected chi connectivity index (χ0v) is 12.2. The number of nitrogens with two attached hydrogens (primary N) is 1. The van der Waals surface area contributed by atoms with E-state index in [1.165, 1.54) is 19.3 Å². The van der Waals surface area contributed by atoms with Crippen molar-refractivity contribution in [1.82, 2.24) is 9.62 Å². The lowest BCUT2D eigenvalue weighted by Crippen LogP contribution is -2.44. The third-order valence-electron chi connectivity index (χ3n) is 3.48. The van der Waals surface area contributed by atoms with Crippen molar-refractivity contribution in [2.75, 3.05) is 31.9 Å². The van der Waals surface area contributed by atoms with Gasteiger partial charge in [-0.25, -0.2) is 13.1 Å². The minimum atomic E-state index is -3.12. The Balaban J connectivity index is 2.25. The van der Waals surface area contributed by atoms with E-state index < -0.39 is 10.0 Å². The van der Waals surface area contributed by atoms with Gasteiger partial charge in [0.25, 0.3) is 0 Å². The lowest BCUT2D eigenvalue weighted by Gasteiger charge is -2.32. The Labute approximate surface area is 111 Å². The van der Waals surface area contributed by atoms with Crippen LogP contribution in [0.3, 0.4) is 0 Å². The number of rotatable bonds is 8. The van der Waals surface area contributed by atoms with Gasteiger partial charge in [-0.15, -0.1) is 0 Å². The first-order valence-electron chi connectivity index (χ1n) is 6.96. The van der Waals surface area contributed by atoms with Crippen molar-refractivity contribution in [3.05, 3.63) is 0 Å². The molecule has 0 aromatic rings. The maximum absolute atomic E-state index is 11.7. The lowest BCUT2D eigenvalue weighted by atomic mass is 10.1. The molecule has 0 radical (unpaired) electrons. The molecule has 0 aromatic heterocycles. The molecule has 3 N–H and O–H groups in total. The van der Waals surface area contributed by atoms with Crippen molar-refractivity contribution in [3.8, 4) is 0 Å². The maximum Gasteiger partial charge on any atom is 0.211 e. The summed E-state index contributed by atoms with van der Waals surface area (Å²) in [5.41, 5.74) is 5.36. The number of hydrogen-bond donors (Lipinski definition) is 2. The first-order valence-corrected chi connectivity index (χ1v) is 8.62. The summed E-state index contributed by atoms with van der Waals surface area (Å²) >= 11 is 0. The topological polar surface area (TPSA) is 75.4 Å². The highest BCUT2D eigenvalue weighted by atomic mass is 32.2. The molecule has 1 atom stereocenters. The van der Waals surface area contributed by atoms with E-state index in [0.29, 0.717) is 19.5 Å². The normalized spacial score (nSPS) is 19.9. The molecule has 1 heterocycles. The lowest BCUT2D eigenvalue weighted by molar-refractivity contribution is 0.175. The molecule has 6 heteroatoms. The molecule has 0 aliphatic carbocycles. The summed E-state index contributed by atoms with van der Waals surface area (Å²) < 4.78 is 26.1. The van der Waals surface area contributed by atoms with E-state index >= 15 is 0 Å². The molecule has 0 saturated carbocycles. The van der Waals surface area contributed by atoms with Gasteiger partial charge in [0.2, 0.25) is 10.0 Å². The Bertz CT molecular complexity index is 313. The minimum Gasteiger partial charge on any atom is -0.330 e. The van der Waals surface area contributed by atoms with Crippen LogP contribution in [0.4, 0.5) is 0 Å². The Kier molecular flexibility index (Phi) is 7.14. The van der Waals surface area contributed by atoms with E-state index in [9.17, 15) is 8.42 Å². The molecule has 1 saturated heterocycles. The molecule has 1 fully saturated rings. The summed E-state index contributed by atoms with van der Waals surface area (Å²) in [6.45, 7) is 5.35. The third-order valence-corrected chi connectivity index (χ3v) is 4.91. The van der Waals surface area contributed by atoms with Gasteiger partial charge in [-0.05, 0) is 52.2 Å². The van der Waals surface area contributed by atoms with Gasteiger partial charge in [0.05, 0.1) is 5.75 Å². The summed E-state index contributed by atoms with van der Waals surface area (Å²) in [7, 11) is -3.12. The van der Waals surface area contributed by atoms with Crippen molar-refractivity contribution < 1.29 is 8.42 Å². The van der Waals surface area contributed by atoms with Crippen molar-refractivity contribution in [2.24, 2.45) is 5.73 Å². The molecule has 1 rings (SSSR count). The molecule has 5 nitrogen and oxygen atoms in total. The number of unbranched alkanes of at least 4 members (excludes halogenated alkanes) is 1. The molecule has 0 spiro atoms. The van der Waals surface area contributed by atoms with Gasteiger partial charge in [0, 0.05) is 12.6 Å². The van der Waals surface area contributed by atoms with Crippen LogP contribution in [-0.4, -0.2) is 51.3 Å². The van der Waals surface area contributed by atoms with Crippen molar-refractivity contribution in [1.29, 1.82) is 0 Å². The zero-order chi connectivity index (χ0) is 13.4. The largest absolute Gasteiger partial charge is 0.330 e. The second-order valence-electron chi connectivity index (χ2n) is 5.11. The summed E-state index contributed by atoms with van der Waals surface area (Å²) in [6.07, 6.45) is 5.17. The Morgan fingerprint density at radius 2 is 1.89 bits per heavy atom. The standard InChI is InChI=1S/C12H27N3O2S/c1-12(15-8-4-2-5-9-15)11-14-18(16,17)10-6-3-7-13/h12,14H,2-11,13H2,1H3. The van der Waals surface area contributed by atoms with Gasteiger partial charge in [-0.1, -0.05) is 6.42 Å². The van der Waals surface area contributed by atoms with E-state index in [-0.39, 0.29) is 11.8 Å². The number of sulfonamides is 1. The van der Waals surface area contributed by atoms with Crippen LogP contribution in [0.1, 0.15) is 39.0 Å². The Morgan fingerprint density at radius 1 is 1.22 bits per heavy atom. The Morgan fingerprint density at radius 3 is 2.50 bits per heavy atom. The predicted molar refractivity (Wildman–Crippen MR) is 75.0 cm³/mol. The molecule has 1 aliphatic heterocycles. The van der Waals surface area contributed by atoms with E-state index in [1.54, 1.807) is 0 Å². The van der Waals surface area contributed by atoms with Crippen LogP contribution in [0.2, 0.25) is 0 Å². The molecule has 18 heavy (non-hydrogen) atoms. The molecular weight excluding hydrogens is 250 g/mol. The number of nitrogens with zero attached hydrogens (tertiary/aromatic N) is 1. The second-order valence-corrected chi connectivity index (χ2v) is 7.04. The molecular formula is C12H27N3O2S. The fourth-order valence-corrected chi connectivity index (χ4v) is 3.47. The summed E-state index contributed by atoms with van der Waals surface area (Å²) in [6, 6.07) is 0.287. The summed E-state index contributed by atoms with van der Waals surface area (Å²) in [5, 5.41) is 0. The van der Waals surface area contributed by atoms with Gasteiger partial charge >= 0.3 is 0 Å². The quantitative estimate of drug-likeness (QED) is 0.634. The van der Waals surface area contributed by atoms with Gasteiger partial charge in [-0.3, -0.25) is 4.90 Å². The first kappa shape index (κ1) is 15.9. The first-order chi connectivity index (χ1) is 8.55. The van der Waals surface area contributed by atoms with Crippen molar-refractivity contribution in [2.45, 2.75) is 45.1 Å². The number of piperidine rings is 1. The van der Waals surface area contributed by atoms with Gasteiger partial charge in [0.15, 0.2) is 0 Å². The number of hydrogen-bond acceptors (Lipinski definition) is 4. The highest BCUT2D eigenvalue weighted by molar-refractivity contribution is 7.89.